The maximum Gasteiger partial charge on any atom is 0.352 e. The van der Waals surface area contributed by atoms with E-state index in [1.54, 1.807) is 18.2 Å². The summed E-state index contributed by atoms with van der Waals surface area (Å²) in [7, 11) is 1.38. The highest BCUT2D eigenvalue weighted by molar-refractivity contribution is 8.01. The van der Waals surface area contributed by atoms with Crippen molar-refractivity contribution in [2.24, 2.45) is 7.05 Å². The van der Waals surface area contributed by atoms with Gasteiger partial charge in [0.05, 0.1) is 10.8 Å². The highest BCUT2D eigenvalue weighted by Crippen LogP contribution is 2.41. The number of halogens is 2. The lowest BCUT2D eigenvalue weighted by Gasteiger charge is -2.49. The minimum absolute atomic E-state index is 0.00433. The fraction of sp³-hybridized carbons (Fsp3) is 0.300. The minimum Gasteiger partial charge on any atom is -0.477 e. The number of β-lactam (4-membered cyclic amide) rings is 1. The molecule has 3 N–H and O–H groups in total. The Morgan fingerprint density at radius 3 is 2.75 bits per heavy atom. The Hall–Kier alpha value is -2.39. The van der Waals surface area contributed by atoms with Crippen LogP contribution in [0.5, 0.6) is 0 Å². The number of fused-ring (bicyclic) bond motifs is 1. The Balaban J connectivity index is 1.42. The van der Waals surface area contributed by atoms with Gasteiger partial charge in [-0.25, -0.2) is 9.89 Å². The number of hydrogen-bond acceptors (Lipinski definition) is 9. The second-order valence-corrected chi connectivity index (χ2v) is 11.5. The summed E-state index contributed by atoms with van der Waals surface area (Å²) >= 11 is 15.6. The van der Waals surface area contributed by atoms with Gasteiger partial charge in [0.15, 0.2) is 5.16 Å². The summed E-state index contributed by atoms with van der Waals surface area (Å²) in [5.41, 5.74) is -1.35. The van der Waals surface area contributed by atoms with Gasteiger partial charge in [0.25, 0.3) is 5.91 Å². The van der Waals surface area contributed by atoms with Crippen molar-refractivity contribution in [3.05, 3.63) is 60.2 Å². The van der Waals surface area contributed by atoms with Crippen LogP contribution in [0.25, 0.3) is 0 Å². The van der Waals surface area contributed by atoms with Gasteiger partial charge in [0, 0.05) is 28.5 Å². The Kier molecular flexibility index (Phi) is 8.09. The number of rotatable bonds is 8. The van der Waals surface area contributed by atoms with Crippen LogP contribution in [-0.2, 0) is 21.4 Å². The lowest BCUT2D eigenvalue weighted by Crippen LogP contribution is -2.70. The zero-order valence-corrected chi connectivity index (χ0v) is 22.3. The van der Waals surface area contributed by atoms with Crippen LogP contribution in [0.1, 0.15) is 0 Å². The molecular formula is C20H17Cl2N5O6S3. The van der Waals surface area contributed by atoms with E-state index in [9.17, 15) is 29.1 Å². The minimum atomic E-state index is -1.27. The number of aliphatic carboxylic acids is 1. The van der Waals surface area contributed by atoms with Crippen LogP contribution in [-0.4, -0.2) is 71.2 Å². The number of aromatic amines is 1. The van der Waals surface area contributed by atoms with E-state index >= 15 is 0 Å². The van der Waals surface area contributed by atoms with E-state index < -0.39 is 40.3 Å². The van der Waals surface area contributed by atoms with Crippen LogP contribution >= 0.6 is 58.5 Å². The summed E-state index contributed by atoms with van der Waals surface area (Å²) in [4.78, 5) is 62.3. The largest absolute Gasteiger partial charge is 0.477 e. The summed E-state index contributed by atoms with van der Waals surface area (Å²) in [5.74, 6) is -1.79. The number of amides is 2. The zero-order valence-electron chi connectivity index (χ0n) is 18.3. The Labute approximate surface area is 226 Å². The molecule has 1 aromatic heterocycles. The van der Waals surface area contributed by atoms with E-state index in [-0.39, 0.29) is 22.4 Å². The number of benzene rings is 1. The first kappa shape index (κ1) is 26.7. The van der Waals surface area contributed by atoms with Crippen molar-refractivity contribution in [3.8, 4) is 0 Å². The number of carbonyl (C=O) groups is 3. The smallest absolute Gasteiger partial charge is 0.352 e. The van der Waals surface area contributed by atoms with E-state index in [0.717, 1.165) is 21.2 Å². The molecule has 1 saturated heterocycles. The van der Waals surface area contributed by atoms with Gasteiger partial charge < -0.3 is 10.4 Å². The van der Waals surface area contributed by atoms with Gasteiger partial charge in [-0.05, 0) is 23.8 Å². The maximum absolute atomic E-state index is 12.8. The molecule has 2 atom stereocenters. The summed E-state index contributed by atoms with van der Waals surface area (Å²) in [5, 5.41) is 19.0. The molecule has 0 bridgehead atoms. The van der Waals surface area contributed by atoms with E-state index in [1.165, 1.54) is 30.6 Å². The monoisotopic (exact) mass is 589 g/mol. The standard InChI is InChI=1S/C20H17Cl2N5O6S3/c1-26-17(31)15(29)24-25-20(26)36-6-8-5-35-18-13(16(30)27(18)14(8)19(32)33)23-12(28)7-34-11-4-9(21)2-3-10(11)22/h2-4,13,18H,5-7H2,1H3,(H,23,28)(H,24,29)(H,32,33)/t13?,18-/m0/s1. The predicted molar refractivity (Wildman–Crippen MR) is 138 cm³/mol. The van der Waals surface area contributed by atoms with Gasteiger partial charge in [0.2, 0.25) is 5.91 Å². The summed E-state index contributed by atoms with van der Waals surface area (Å²) in [6.45, 7) is 0. The number of nitrogens with one attached hydrogen (secondary N) is 2. The second-order valence-electron chi connectivity index (χ2n) is 7.56. The number of H-pyrrole nitrogens is 1. The Morgan fingerprint density at radius 2 is 2.03 bits per heavy atom. The van der Waals surface area contributed by atoms with Crippen molar-refractivity contribution < 1.29 is 19.5 Å². The third-order valence-electron chi connectivity index (χ3n) is 5.23. The van der Waals surface area contributed by atoms with Gasteiger partial charge >= 0.3 is 17.1 Å². The molecule has 4 rings (SSSR count). The molecule has 0 radical (unpaired) electrons. The molecule has 2 amide bonds. The fourth-order valence-electron chi connectivity index (χ4n) is 3.48. The van der Waals surface area contributed by atoms with E-state index in [0.29, 0.717) is 26.3 Å². The molecule has 3 heterocycles. The predicted octanol–water partition coefficient (Wildman–Crippen LogP) is 1.40. The molecule has 190 valence electrons. The van der Waals surface area contributed by atoms with Crippen LogP contribution in [0.4, 0.5) is 0 Å². The number of nitrogens with zero attached hydrogens (tertiary/aromatic N) is 3. The van der Waals surface area contributed by atoms with Gasteiger partial charge in [-0.3, -0.25) is 28.6 Å². The molecule has 2 aromatic rings. The molecule has 0 spiro atoms. The molecule has 1 unspecified atom stereocenters. The van der Waals surface area contributed by atoms with Crippen LogP contribution in [0, 0.1) is 0 Å². The molecule has 1 aromatic carbocycles. The van der Waals surface area contributed by atoms with Gasteiger partial charge in [-0.1, -0.05) is 35.0 Å². The Bertz CT molecular complexity index is 1410. The molecular weight excluding hydrogens is 573 g/mol. The number of carbonyl (C=O) groups excluding carboxylic acids is 2. The topological polar surface area (TPSA) is 154 Å². The molecule has 2 aliphatic heterocycles. The summed E-state index contributed by atoms with van der Waals surface area (Å²) in [6.07, 6.45) is 0. The molecule has 0 aliphatic carbocycles. The number of thioether (sulfide) groups is 3. The quantitative estimate of drug-likeness (QED) is 0.234. The second kappa shape index (κ2) is 10.9. The van der Waals surface area contributed by atoms with Crippen molar-refractivity contribution in [1.29, 1.82) is 0 Å². The molecule has 0 saturated carbocycles. The van der Waals surface area contributed by atoms with Crippen LogP contribution in [0.15, 0.2) is 49.1 Å². The molecule has 11 nitrogen and oxygen atoms in total. The lowest BCUT2D eigenvalue weighted by atomic mass is 10.0. The number of carboxylic acid groups (broad SMARTS) is 1. The highest BCUT2D eigenvalue weighted by atomic mass is 35.5. The summed E-state index contributed by atoms with van der Waals surface area (Å²) in [6, 6.07) is 4.04. The van der Waals surface area contributed by atoms with Crippen LogP contribution in [0.2, 0.25) is 10.0 Å². The summed E-state index contributed by atoms with van der Waals surface area (Å²) < 4.78 is 1.07. The molecule has 36 heavy (non-hydrogen) atoms. The van der Waals surface area contributed by atoms with Crippen molar-refractivity contribution >= 4 is 76.3 Å². The first-order valence-corrected chi connectivity index (χ1v) is 13.9. The van der Waals surface area contributed by atoms with Crippen molar-refractivity contribution in [2.75, 3.05) is 17.3 Å². The van der Waals surface area contributed by atoms with Gasteiger partial charge in [-0.15, -0.1) is 28.6 Å². The van der Waals surface area contributed by atoms with Crippen molar-refractivity contribution in [1.82, 2.24) is 25.0 Å². The van der Waals surface area contributed by atoms with Crippen LogP contribution in [0.3, 0.4) is 0 Å². The number of aromatic nitrogens is 3. The van der Waals surface area contributed by atoms with E-state index in [1.807, 2.05) is 0 Å². The zero-order chi connectivity index (χ0) is 26.1. The SMILES string of the molecule is Cn1c(SCC2=C(C(=O)O)N3C(=O)C(NC(=O)CSc4cc(Cl)ccc4Cl)[C@@H]3SC2)n[nH]c(=O)c1=O. The average Bonchev–Trinajstić information content (AvgIpc) is 2.85. The third-order valence-corrected chi connectivity index (χ3v) is 9.42. The highest BCUT2D eigenvalue weighted by Gasteiger charge is 2.54. The van der Waals surface area contributed by atoms with E-state index in [2.05, 4.69) is 15.5 Å². The van der Waals surface area contributed by atoms with Crippen LogP contribution < -0.4 is 16.4 Å². The first-order valence-electron chi connectivity index (χ1n) is 10.1. The maximum atomic E-state index is 12.8. The lowest BCUT2D eigenvalue weighted by molar-refractivity contribution is -0.150. The average molecular weight is 590 g/mol. The van der Waals surface area contributed by atoms with E-state index in [4.69, 9.17) is 23.2 Å². The first-order chi connectivity index (χ1) is 17.1. The molecule has 16 heteroatoms. The number of hydrogen-bond donors (Lipinski definition) is 3. The third kappa shape index (κ3) is 5.32. The molecule has 2 aliphatic rings. The molecule has 1 fully saturated rings. The van der Waals surface area contributed by atoms with Crippen molar-refractivity contribution in [2.45, 2.75) is 21.5 Å². The number of carboxylic acids is 1. The van der Waals surface area contributed by atoms with Crippen molar-refractivity contribution in [3.63, 3.8) is 0 Å². The van der Waals surface area contributed by atoms with Gasteiger partial charge in [-0.2, -0.15) is 0 Å². The van der Waals surface area contributed by atoms with Gasteiger partial charge in [0.1, 0.15) is 17.1 Å². The fourth-order valence-corrected chi connectivity index (χ4v) is 7.19. The normalized spacial score (nSPS) is 19.1. The Morgan fingerprint density at radius 1 is 1.28 bits per heavy atom.